The van der Waals surface area contributed by atoms with E-state index in [2.05, 4.69) is 17.3 Å². The minimum Gasteiger partial charge on any atom is -0.339 e. The third-order valence-corrected chi connectivity index (χ3v) is 9.74. The van der Waals surface area contributed by atoms with Gasteiger partial charge in [0, 0.05) is 50.2 Å². The van der Waals surface area contributed by atoms with Crippen molar-refractivity contribution >= 4 is 38.2 Å². The van der Waals surface area contributed by atoms with Crippen molar-refractivity contribution in [2.45, 2.75) is 50.5 Å². The van der Waals surface area contributed by atoms with Crippen LogP contribution in [0.25, 0.3) is 0 Å². The van der Waals surface area contributed by atoms with E-state index < -0.39 is 10.0 Å². The summed E-state index contributed by atoms with van der Waals surface area (Å²) in [5, 5.41) is 3.55. The fraction of sp³-hybridized carbons (Fsp3) is 0.520. The predicted molar refractivity (Wildman–Crippen MR) is 139 cm³/mol. The van der Waals surface area contributed by atoms with Crippen LogP contribution in [-0.2, 0) is 23.0 Å². The molecule has 2 aliphatic heterocycles. The van der Waals surface area contributed by atoms with Gasteiger partial charge in [-0.25, -0.2) is 12.7 Å². The van der Waals surface area contributed by atoms with Gasteiger partial charge in [0.05, 0.1) is 10.5 Å². The quantitative estimate of drug-likeness (QED) is 0.576. The SMILES string of the molecule is CCCCN(C)S(=O)(=O)c1ccc(C(=O)Nc2sc3c(c2C(=O)N2CCCC2)CCN(C)C3)cc1. The van der Waals surface area contributed by atoms with Crippen LogP contribution in [0.15, 0.2) is 29.2 Å². The van der Waals surface area contributed by atoms with E-state index in [0.29, 0.717) is 22.7 Å². The van der Waals surface area contributed by atoms with Crippen LogP contribution >= 0.6 is 11.3 Å². The van der Waals surface area contributed by atoms with Crippen LogP contribution in [0.4, 0.5) is 5.00 Å². The average molecular weight is 519 g/mol. The number of hydrogen-bond acceptors (Lipinski definition) is 6. The number of rotatable bonds is 8. The number of likely N-dealkylation sites (N-methyl/N-ethyl adjacent to an activating group) is 1. The second kappa shape index (κ2) is 10.8. The maximum Gasteiger partial charge on any atom is 0.257 e. The van der Waals surface area contributed by atoms with Crippen LogP contribution in [0.3, 0.4) is 0 Å². The van der Waals surface area contributed by atoms with Gasteiger partial charge in [-0.1, -0.05) is 13.3 Å². The van der Waals surface area contributed by atoms with Crippen molar-refractivity contribution in [2.75, 3.05) is 45.6 Å². The Bertz CT molecular complexity index is 1180. The lowest BCUT2D eigenvalue weighted by atomic mass is 10.0. The van der Waals surface area contributed by atoms with Crippen molar-refractivity contribution in [2.24, 2.45) is 0 Å². The lowest BCUT2D eigenvalue weighted by Crippen LogP contribution is -2.31. The number of likely N-dealkylation sites (tertiary alicyclic amines) is 1. The molecule has 1 fully saturated rings. The summed E-state index contributed by atoms with van der Waals surface area (Å²) in [5.41, 5.74) is 2.03. The minimum absolute atomic E-state index is 0.00332. The Balaban J connectivity index is 1.56. The summed E-state index contributed by atoms with van der Waals surface area (Å²) in [7, 11) is 0.0252. The van der Waals surface area contributed by atoms with Crippen molar-refractivity contribution in [3.63, 3.8) is 0 Å². The molecule has 0 radical (unpaired) electrons. The first-order valence-corrected chi connectivity index (χ1v) is 14.5. The number of nitrogens with one attached hydrogen (secondary N) is 1. The van der Waals surface area contributed by atoms with Crippen molar-refractivity contribution in [3.05, 3.63) is 45.8 Å². The number of thiophene rings is 1. The molecule has 1 aromatic heterocycles. The summed E-state index contributed by atoms with van der Waals surface area (Å²) >= 11 is 1.47. The van der Waals surface area contributed by atoms with Crippen molar-refractivity contribution < 1.29 is 18.0 Å². The Morgan fingerprint density at radius 1 is 1.11 bits per heavy atom. The monoisotopic (exact) mass is 518 g/mol. The summed E-state index contributed by atoms with van der Waals surface area (Å²) in [6.07, 6.45) is 4.49. The highest BCUT2D eigenvalue weighted by molar-refractivity contribution is 7.89. The van der Waals surface area contributed by atoms with Crippen LogP contribution < -0.4 is 5.32 Å². The zero-order valence-corrected chi connectivity index (χ0v) is 22.3. The normalized spacial score (nSPS) is 16.5. The molecular formula is C25H34N4O4S2. The van der Waals surface area contributed by atoms with Crippen LogP contribution in [0, 0.1) is 0 Å². The largest absolute Gasteiger partial charge is 0.339 e. The lowest BCUT2D eigenvalue weighted by Gasteiger charge is -2.23. The first-order valence-electron chi connectivity index (χ1n) is 12.2. The van der Waals surface area contributed by atoms with Crippen LogP contribution in [0.5, 0.6) is 0 Å². The summed E-state index contributed by atoms with van der Waals surface area (Å²) in [5.74, 6) is -0.355. The average Bonchev–Trinajstić information content (AvgIpc) is 3.50. The van der Waals surface area contributed by atoms with Crippen LogP contribution in [-0.4, -0.2) is 74.6 Å². The maximum absolute atomic E-state index is 13.4. The number of sulfonamides is 1. The van der Waals surface area contributed by atoms with E-state index in [1.54, 1.807) is 7.05 Å². The second-order valence-electron chi connectivity index (χ2n) is 9.35. The van der Waals surface area contributed by atoms with Gasteiger partial charge in [0.2, 0.25) is 10.0 Å². The predicted octanol–water partition coefficient (Wildman–Crippen LogP) is 3.64. The fourth-order valence-electron chi connectivity index (χ4n) is 4.56. The molecule has 190 valence electrons. The summed E-state index contributed by atoms with van der Waals surface area (Å²) in [6.45, 7) is 5.60. The smallest absolute Gasteiger partial charge is 0.257 e. The van der Waals surface area contributed by atoms with E-state index in [9.17, 15) is 18.0 Å². The maximum atomic E-state index is 13.4. The first kappa shape index (κ1) is 25.8. The molecule has 2 aliphatic rings. The van der Waals surface area contributed by atoms with Gasteiger partial charge in [0.1, 0.15) is 5.00 Å². The van der Waals surface area contributed by atoms with E-state index in [1.165, 1.54) is 39.9 Å². The van der Waals surface area contributed by atoms with Gasteiger partial charge >= 0.3 is 0 Å². The van der Waals surface area contributed by atoms with E-state index in [-0.39, 0.29) is 16.7 Å². The molecule has 35 heavy (non-hydrogen) atoms. The number of fused-ring (bicyclic) bond motifs is 1. The second-order valence-corrected chi connectivity index (χ2v) is 12.5. The molecule has 0 unspecified atom stereocenters. The highest BCUT2D eigenvalue weighted by Gasteiger charge is 2.31. The molecule has 8 nitrogen and oxygen atoms in total. The molecule has 4 rings (SSSR count). The zero-order chi connectivity index (χ0) is 25.2. The number of nitrogens with zero attached hydrogens (tertiary/aromatic N) is 3. The number of carbonyl (C=O) groups excluding carboxylic acids is 2. The van der Waals surface area contributed by atoms with Crippen molar-refractivity contribution in [3.8, 4) is 0 Å². The summed E-state index contributed by atoms with van der Waals surface area (Å²) in [6, 6.07) is 5.99. The standard InChI is InChI=1S/C25H34N4O4S2/c1-4-5-13-28(3)35(32,33)19-10-8-18(9-11-19)23(30)26-24-22(25(31)29-14-6-7-15-29)20-12-16-27(2)17-21(20)34-24/h8-11H,4-7,12-17H2,1-3H3,(H,26,30). The number of unbranched alkanes of at least 4 members (excludes halogenated alkanes) is 1. The molecule has 0 spiro atoms. The zero-order valence-electron chi connectivity index (χ0n) is 20.7. The molecule has 0 aliphatic carbocycles. The highest BCUT2D eigenvalue weighted by Crippen LogP contribution is 2.38. The Morgan fingerprint density at radius 3 is 2.46 bits per heavy atom. The molecule has 1 N–H and O–H groups in total. The number of hydrogen-bond donors (Lipinski definition) is 1. The van der Waals surface area contributed by atoms with E-state index >= 15 is 0 Å². The van der Waals surface area contributed by atoms with E-state index in [4.69, 9.17) is 0 Å². The Labute approximate surface area is 212 Å². The van der Waals surface area contributed by atoms with Gasteiger partial charge in [-0.15, -0.1) is 11.3 Å². The Hall–Kier alpha value is -2.27. The topological polar surface area (TPSA) is 90.0 Å². The van der Waals surface area contributed by atoms with Crippen LogP contribution in [0.1, 0.15) is 63.8 Å². The third kappa shape index (κ3) is 5.45. The van der Waals surface area contributed by atoms with Crippen LogP contribution in [0.2, 0.25) is 0 Å². The Kier molecular flexibility index (Phi) is 7.95. The van der Waals surface area contributed by atoms with Crippen molar-refractivity contribution in [1.29, 1.82) is 0 Å². The fourth-order valence-corrected chi connectivity index (χ4v) is 7.08. The number of carbonyl (C=O) groups is 2. The lowest BCUT2D eigenvalue weighted by molar-refractivity contribution is 0.0792. The molecule has 3 heterocycles. The van der Waals surface area contributed by atoms with Gasteiger partial charge in [0.25, 0.3) is 11.8 Å². The van der Waals surface area contributed by atoms with E-state index in [0.717, 1.165) is 68.7 Å². The molecular weight excluding hydrogens is 484 g/mol. The minimum atomic E-state index is -3.60. The molecule has 10 heteroatoms. The molecule has 2 amide bonds. The van der Waals surface area contributed by atoms with Gasteiger partial charge < -0.3 is 15.1 Å². The summed E-state index contributed by atoms with van der Waals surface area (Å²) < 4.78 is 26.9. The number of anilines is 1. The van der Waals surface area contributed by atoms with Gasteiger partial charge in [0.15, 0.2) is 0 Å². The third-order valence-electron chi connectivity index (χ3n) is 6.73. The molecule has 0 saturated carbocycles. The molecule has 1 saturated heterocycles. The number of amides is 2. The van der Waals surface area contributed by atoms with Gasteiger partial charge in [-0.2, -0.15) is 0 Å². The van der Waals surface area contributed by atoms with Gasteiger partial charge in [-0.05, 0) is 62.6 Å². The Morgan fingerprint density at radius 2 is 1.80 bits per heavy atom. The first-order chi connectivity index (χ1) is 16.7. The number of benzene rings is 1. The molecule has 1 aromatic carbocycles. The highest BCUT2D eigenvalue weighted by atomic mass is 32.2. The van der Waals surface area contributed by atoms with Crippen molar-refractivity contribution in [1.82, 2.24) is 14.1 Å². The molecule has 2 aromatic rings. The molecule has 0 bridgehead atoms. The van der Waals surface area contributed by atoms with Gasteiger partial charge in [-0.3, -0.25) is 9.59 Å². The van der Waals surface area contributed by atoms with E-state index in [1.807, 2.05) is 11.8 Å². The summed E-state index contributed by atoms with van der Waals surface area (Å²) in [4.78, 5) is 31.9. The molecule has 0 atom stereocenters.